The molecule has 5 nitrogen and oxygen atoms in total. The Morgan fingerprint density at radius 3 is 2.59 bits per heavy atom. The number of benzene rings is 2. The number of carbonyl (C=O) groups is 2. The van der Waals surface area contributed by atoms with Gasteiger partial charge in [-0.2, -0.15) is 5.26 Å². The van der Waals surface area contributed by atoms with Crippen molar-refractivity contribution in [3.8, 4) is 6.07 Å². The third-order valence-corrected chi connectivity index (χ3v) is 6.30. The van der Waals surface area contributed by atoms with E-state index in [0.29, 0.717) is 30.6 Å². The molecule has 148 valence electrons. The first-order chi connectivity index (χ1) is 14.1. The van der Waals surface area contributed by atoms with Crippen molar-refractivity contribution < 1.29 is 14.3 Å². The third-order valence-electron chi connectivity index (χ3n) is 6.30. The van der Waals surface area contributed by atoms with Crippen molar-refractivity contribution >= 4 is 11.9 Å². The lowest BCUT2D eigenvalue weighted by Crippen LogP contribution is -2.47. The molecule has 4 rings (SSSR count). The van der Waals surface area contributed by atoms with E-state index in [1.807, 2.05) is 42.2 Å². The minimum atomic E-state index is -0.739. The molecule has 1 amide bonds. The average Bonchev–Trinajstić information content (AvgIpc) is 3.30. The van der Waals surface area contributed by atoms with Gasteiger partial charge in [0.1, 0.15) is 0 Å². The van der Waals surface area contributed by atoms with Gasteiger partial charge in [0.05, 0.1) is 29.2 Å². The van der Waals surface area contributed by atoms with Crippen LogP contribution in [-0.4, -0.2) is 35.5 Å². The predicted octanol–water partition coefficient (Wildman–Crippen LogP) is 3.73. The molecule has 0 spiro atoms. The van der Waals surface area contributed by atoms with Crippen LogP contribution in [0.4, 0.5) is 0 Å². The van der Waals surface area contributed by atoms with Crippen LogP contribution in [0.2, 0.25) is 0 Å². The number of hydrogen-bond donors (Lipinski definition) is 0. The first-order valence-electron chi connectivity index (χ1n) is 10.1. The Kier molecular flexibility index (Phi) is 5.10. The number of amides is 1. The van der Waals surface area contributed by atoms with Gasteiger partial charge in [-0.15, -0.1) is 0 Å². The molecule has 0 aromatic heterocycles. The zero-order chi connectivity index (χ0) is 20.4. The summed E-state index contributed by atoms with van der Waals surface area (Å²) >= 11 is 0. The fraction of sp³-hybridized carbons (Fsp3) is 0.375. The second-order valence-electron chi connectivity index (χ2n) is 7.86. The molecule has 2 aliphatic rings. The van der Waals surface area contributed by atoms with Crippen LogP contribution in [0.3, 0.4) is 0 Å². The van der Waals surface area contributed by atoms with Crippen LogP contribution in [0, 0.1) is 16.7 Å². The first-order valence-corrected chi connectivity index (χ1v) is 10.1. The lowest BCUT2D eigenvalue weighted by molar-refractivity contribution is -0.157. The van der Waals surface area contributed by atoms with Gasteiger partial charge in [-0.3, -0.25) is 9.59 Å². The van der Waals surface area contributed by atoms with Gasteiger partial charge >= 0.3 is 5.97 Å². The van der Waals surface area contributed by atoms with E-state index >= 15 is 0 Å². The monoisotopic (exact) mass is 388 g/mol. The van der Waals surface area contributed by atoms with Crippen molar-refractivity contribution in [2.45, 2.75) is 44.7 Å². The Bertz CT molecular complexity index is 966. The van der Waals surface area contributed by atoms with Gasteiger partial charge in [-0.05, 0) is 50.3 Å². The second kappa shape index (κ2) is 7.71. The highest BCUT2D eigenvalue weighted by atomic mass is 16.5. The van der Waals surface area contributed by atoms with Crippen LogP contribution in [0.5, 0.6) is 0 Å². The van der Waals surface area contributed by atoms with Gasteiger partial charge in [0, 0.05) is 12.1 Å². The molecule has 2 fully saturated rings. The van der Waals surface area contributed by atoms with E-state index in [4.69, 9.17) is 4.74 Å². The Morgan fingerprint density at radius 2 is 1.86 bits per heavy atom. The van der Waals surface area contributed by atoms with Crippen molar-refractivity contribution in [1.29, 1.82) is 5.26 Å². The molecule has 0 N–H and O–H groups in total. The maximum atomic E-state index is 13.4. The van der Waals surface area contributed by atoms with Gasteiger partial charge in [-0.1, -0.05) is 42.5 Å². The van der Waals surface area contributed by atoms with Gasteiger partial charge in [0.25, 0.3) is 5.91 Å². The molecule has 2 aromatic rings. The number of nitrogens with zero attached hydrogens (tertiary/aromatic N) is 2. The zero-order valence-electron chi connectivity index (χ0n) is 16.5. The molecule has 2 saturated heterocycles. The fourth-order valence-electron chi connectivity index (χ4n) is 5.11. The molecule has 2 bridgehead atoms. The number of nitriles is 1. The highest BCUT2D eigenvalue weighted by Crippen LogP contribution is 2.52. The summed E-state index contributed by atoms with van der Waals surface area (Å²) in [7, 11) is 0. The lowest BCUT2D eigenvalue weighted by Gasteiger charge is -2.35. The highest BCUT2D eigenvalue weighted by Gasteiger charge is 2.62. The van der Waals surface area contributed by atoms with Crippen LogP contribution in [0.25, 0.3) is 0 Å². The Morgan fingerprint density at radius 1 is 1.14 bits per heavy atom. The summed E-state index contributed by atoms with van der Waals surface area (Å²) in [6.07, 6.45) is 2.81. The smallest absolute Gasteiger partial charge is 0.314 e. The maximum Gasteiger partial charge on any atom is 0.314 e. The molecular weight excluding hydrogens is 364 g/mol. The van der Waals surface area contributed by atoms with Crippen molar-refractivity contribution in [3.05, 3.63) is 71.3 Å². The summed E-state index contributed by atoms with van der Waals surface area (Å²) < 4.78 is 5.50. The summed E-state index contributed by atoms with van der Waals surface area (Å²) in [6.45, 7) is 2.13. The molecule has 0 saturated carbocycles. The van der Waals surface area contributed by atoms with Gasteiger partial charge in [0.15, 0.2) is 0 Å². The molecule has 5 heteroatoms. The minimum Gasteiger partial charge on any atom is -0.465 e. The Hall–Kier alpha value is -3.13. The van der Waals surface area contributed by atoms with E-state index < -0.39 is 5.41 Å². The van der Waals surface area contributed by atoms with Crippen LogP contribution in [-0.2, 0) is 16.0 Å². The largest absolute Gasteiger partial charge is 0.465 e. The van der Waals surface area contributed by atoms with E-state index in [9.17, 15) is 14.9 Å². The number of ether oxygens (including phenoxy) is 1. The molecule has 0 aliphatic carbocycles. The number of esters is 1. The second-order valence-corrected chi connectivity index (χ2v) is 7.86. The SMILES string of the molecule is CCOC(=O)[C@@]1(Cc2ccccc2)C[C@H]2CC[C@@H]1N2C(=O)c1ccccc1C#N. The van der Waals surface area contributed by atoms with E-state index in [0.717, 1.165) is 18.4 Å². The summed E-state index contributed by atoms with van der Waals surface area (Å²) in [5.74, 6) is -0.378. The van der Waals surface area contributed by atoms with E-state index in [2.05, 4.69) is 6.07 Å². The normalized spacial score (nSPS) is 24.9. The van der Waals surface area contributed by atoms with Crippen LogP contribution in [0.1, 0.15) is 47.7 Å². The van der Waals surface area contributed by atoms with Gasteiger partial charge in [0.2, 0.25) is 0 Å². The molecule has 2 heterocycles. The average molecular weight is 388 g/mol. The molecular formula is C24H24N2O3. The highest BCUT2D eigenvalue weighted by molar-refractivity contribution is 5.98. The van der Waals surface area contributed by atoms with Crippen molar-refractivity contribution in [2.24, 2.45) is 5.41 Å². The zero-order valence-corrected chi connectivity index (χ0v) is 16.5. The van der Waals surface area contributed by atoms with Crippen molar-refractivity contribution in [2.75, 3.05) is 6.61 Å². The fourth-order valence-corrected chi connectivity index (χ4v) is 5.11. The van der Waals surface area contributed by atoms with Crippen molar-refractivity contribution in [3.63, 3.8) is 0 Å². The molecule has 0 radical (unpaired) electrons. The summed E-state index contributed by atoms with van der Waals surface area (Å²) in [5, 5.41) is 9.42. The molecule has 29 heavy (non-hydrogen) atoms. The first kappa shape index (κ1) is 19.2. The topological polar surface area (TPSA) is 70.4 Å². The summed E-state index contributed by atoms with van der Waals surface area (Å²) in [6, 6.07) is 18.7. The Balaban J connectivity index is 1.71. The minimum absolute atomic E-state index is 0.00707. The molecule has 2 aliphatic heterocycles. The van der Waals surface area contributed by atoms with E-state index in [1.165, 1.54) is 0 Å². The molecule has 3 atom stereocenters. The lowest BCUT2D eigenvalue weighted by atomic mass is 9.70. The standard InChI is InChI=1S/C24H24N2O3/c1-2-29-23(28)24(14-17-8-4-3-5-9-17)15-19-12-13-21(24)26(19)22(27)20-11-7-6-10-18(20)16-25/h3-11,19,21H,2,12-15H2,1H3/t19-,21+,24+/m1/s1. The summed E-state index contributed by atoms with van der Waals surface area (Å²) in [5.41, 5.74) is 1.11. The van der Waals surface area contributed by atoms with Crippen LogP contribution in [0.15, 0.2) is 54.6 Å². The Labute approximate surface area is 170 Å². The molecule has 0 unspecified atom stereocenters. The predicted molar refractivity (Wildman–Crippen MR) is 108 cm³/mol. The molecule has 2 aromatic carbocycles. The van der Waals surface area contributed by atoms with Crippen LogP contribution >= 0.6 is 0 Å². The number of carbonyl (C=O) groups excluding carboxylic acids is 2. The quantitative estimate of drug-likeness (QED) is 0.732. The van der Waals surface area contributed by atoms with E-state index in [-0.39, 0.29) is 24.0 Å². The third kappa shape index (κ3) is 3.19. The maximum absolute atomic E-state index is 13.4. The van der Waals surface area contributed by atoms with Gasteiger partial charge in [-0.25, -0.2) is 0 Å². The van der Waals surface area contributed by atoms with Crippen molar-refractivity contribution in [1.82, 2.24) is 4.90 Å². The number of rotatable bonds is 5. The number of hydrogen-bond acceptors (Lipinski definition) is 4. The van der Waals surface area contributed by atoms with Crippen LogP contribution < -0.4 is 0 Å². The van der Waals surface area contributed by atoms with E-state index in [1.54, 1.807) is 24.3 Å². The van der Waals surface area contributed by atoms with Gasteiger partial charge < -0.3 is 9.64 Å². The number of fused-ring (bicyclic) bond motifs is 2. The summed E-state index contributed by atoms with van der Waals surface area (Å²) in [4.78, 5) is 28.5.